The summed E-state index contributed by atoms with van der Waals surface area (Å²) in [6.07, 6.45) is 0.160. The highest BCUT2D eigenvalue weighted by Gasteiger charge is 2.16. The number of hydrogen-bond donors (Lipinski definition) is 1. The Morgan fingerprint density at radius 1 is 1.30 bits per heavy atom. The molecular weight excluding hydrogens is 288 g/mol. The molecule has 23 heavy (non-hydrogen) atoms. The maximum Gasteiger partial charge on any atom is 0.407 e. The van der Waals surface area contributed by atoms with Crippen molar-refractivity contribution in [1.82, 2.24) is 5.32 Å². The Hall–Kier alpha value is -2.54. The molecule has 0 saturated carbocycles. The number of ether oxygens (including phenoxy) is 1. The third-order valence-corrected chi connectivity index (χ3v) is 3.61. The number of benzene rings is 2. The molecule has 0 aliphatic rings. The topological polar surface area (TPSA) is 62.1 Å². The number of hydrogen-bond acceptors (Lipinski definition) is 3. The van der Waals surface area contributed by atoms with E-state index in [-0.39, 0.29) is 0 Å². The fourth-order valence-corrected chi connectivity index (χ4v) is 2.60. The molecule has 120 valence electrons. The molecule has 4 nitrogen and oxygen atoms in total. The lowest BCUT2D eigenvalue weighted by atomic mass is 9.93. The molecular formula is C19H22N2O2. The van der Waals surface area contributed by atoms with Crippen LogP contribution < -0.4 is 5.32 Å². The van der Waals surface area contributed by atoms with Gasteiger partial charge in [0, 0.05) is 6.54 Å². The molecule has 0 bridgehead atoms. The molecule has 0 aliphatic carbocycles. The molecule has 4 heteroatoms. The summed E-state index contributed by atoms with van der Waals surface area (Å²) in [4.78, 5) is 11.7. The second-order valence-electron chi connectivity index (χ2n) is 6.54. The first kappa shape index (κ1) is 16.8. The number of carbonyl (C=O) groups is 1. The molecule has 1 N–H and O–H groups in total. The number of amides is 1. The molecule has 0 radical (unpaired) electrons. The SMILES string of the molecule is Cc1c(CCNC(=O)OC(C)(C)C)c(C#N)cc2ccccc12. The molecule has 0 atom stereocenters. The minimum Gasteiger partial charge on any atom is -0.444 e. The summed E-state index contributed by atoms with van der Waals surface area (Å²) in [5, 5.41) is 14.3. The summed E-state index contributed by atoms with van der Waals surface area (Å²) in [6.45, 7) is 7.93. The van der Waals surface area contributed by atoms with Gasteiger partial charge in [-0.1, -0.05) is 24.3 Å². The molecule has 1 amide bonds. The average Bonchev–Trinajstić information content (AvgIpc) is 2.47. The van der Waals surface area contributed by atoms with Gasteiger partial charge in [-0.25, -0.2) is 4.79 Å². The number of rotatable bonds is 3. The monoisotopic (exact) mass is 310 g/mol. The van der Waals surface area contributed by atoms with Crippen LogP contribution >= 0.6 is 0 Å². The normalized spacial score (nSPS) is 11.1. The zero-order valence-electron chi connectivity index (χ0n) is 14.1. The number of carbonyl (C=O) groups excluding carboxylic acids is 1. The van der Waals surface area contributed by atoms with E-state index in [1.54, 1.807) is 0 Å². The van der Waals surface area contributed by atoms with Crippen LogP contribution in [0.3, 0.4) is 0 Å². The Kier molecular flexibility index (Phi) is 4.90. The summed E-state index contributed by atoms with van der Waals surface area (Å²) < 4.78 is 5.22. The van der Waals surface area contributed by atoms with Gasteiger partial charge in [-0.2, -0.15) is 5.26 Å². The van der Waals surface area contributed by atoms with Gasteiger partial charge in [0.25, 0.3) is 0 Å². The number of aryl methyl sites for hydroxylation is 1. The molecule has 0 saturated heterocycles. The van der Waals surface area contributed by atoms with E-state index in [4.69, 9.17) is 4.74 Å². The highest BCUT2D eigenvalue weighted by Crippen LogP contribution is 2.25. The van der Waals surface area contributed by atoms with Gasteiger partial charge in [0.05, 0.1) is 11.6 Å². The highest BCUT2D eigenvalue weighted by molar-refractivity contribution is 5.88. The average molecular weight is 310 g/mol. The van der Waals surface area contributed by atoms with Crippen LogP contribution in [0.1, 0.15) is 37.5 Å². The summed E-state index contributed by atoms with van der Waals surface area (Å²) in [6, 6.07) is 12.2. The summed E-state index contributed by atoms with van der Waals surface area (Å²) in [5.74, 6) is 0. The van der Waals surface area contributed by atoms with Gasteiger partial charge >= 0.3 is 6.09 Å². The van der Waals surface area contributed by atoms with Gasteiger partial charge in [-0.3, -0.25) is 0 Å². The molecule has 2 aromatic rings. The minimum absolute atomic E-state index is 0.433. The number of alkyl carbamates (subject to hydrolysis) is 1. The summed E-state index contributed by atoms with van der Waals surface area (Å²) >= 11 is 0. The number of nitriles is 1. The van der Waals surface area contributed by atoms with Gasteiger partial charge in [-0.05, 0) is 62.1 Å². The van der Waals surface area contributed by atoms with Crippen molar-refractivity contribution in [3.63, 3.8) is 0 Å². The van der Waals surface area contributed by atoms with Gasteiger partial charge in [0.1, 0.15) is 5.60 Å². The fourth-order valence-electron chi connectivity index (χ4n) is 2.60. The first-order valence-corrected chi connectivity index (χ1v) is 7.70. The third kappa shape index (κ3) is 4.23. The summed E-state index contributed by atoms with van der Waals surface area (Å²) in [7, 11) is 0. The van der Waals surface area contributed by atoms with Crippen LogP contribution in [-0.2, 0) is 11.2 Å². The van der Waals surface area contributed by atoms with Crippen LogP contribution in [0.4, 0.5) is 4.79 Å². The van der Waals surface area contributed by atoms with Crippen LogP contribution in [0.5, 0.6) is 0 Å². The van der Waals surface area contributed by atoms with Crippen LogP contribution in [0.25, 0.3) is 10.8 Å². The number of nitrogens with zero attached hydrogens (tertiary/aromatic N) is 1. The number of fused-ring (bicyclic) bond motifs is 1. The lowest BCUT2D eigenvalue weighted by Crippen LogP contribution is -2.33. The van der Waals surface area contributed by atoms with Crippen LogP contribution in [0.2, 0.25) is 0 Å². The Balaban J connectivity index is 2.15. The first-order valence-electron chi connectivity index (χ1n) is 7.70. The van der Waals surface area contributed by atoms with Crippen molar-refractivity contribution in [3.05, 3.63) is 47.0 Å². The van der Waals surface area contributed by atoms with Gasteiger partial charge < -0.3 is 10.1 Å². The van der Waals surface area contributed by atoms with Crippen molar-refractivity contribution >= 4 is 16.9 Å². The van der Waals surface area contributed by atoms with E-state index in [0.29, 0.717) is 18.5 Å². The molecule has 0 aromatic heterocycles. The molecule has 2 rings (SSSR count). The quantitative estimate of drug-likeness (QED) is 0.929. The van der Waals surface area contributed by atoms with Crippen molar-refractivity contribution in [2.24, 2.45) is 0 Å². The lowest BCUT2D eigenvalue weighted by molar-refractivity contribution is 0.0528. The van der Waals surface area contributed by atoms with Gasteiger partial charge in [0.15, 0.2) is 0 Å². The van der Waals surface area contributed by atoms with Crippen molar-refractivity contribution < 1.29 is 9.53 Å². The second-order valence-corrected chi connectivity index (χ2v) is 6.54. The van der Waals surface area contributed by atoms with E-state index in [1.807, 2.05) is 52.0 Å². The molecule has 0 heterocycles. The zero-order valence-corrected chi connectivity index (χ0v) is 14.1. The van der Waals surface area contributed by atoms with Crippen molar-refractivity contribution in [3.8, 4) is 6.07 Å². The smallest absolute Gasteiger partial charge is 0.407 e. The Morgan fingerprint density at radius 3 is 2.65 bits per heavy atom. The van der Waals surface area contributed by atoms with Crippen LogP contribution in [0, 0.1) is 18.3 Å². The lowest BCUT2D eigenvalue weighted by Gasteiger charge is -2.20. The van der Waals surface area contributed by atoms with Crippen LogP contribution in [0.15, 0.2) is 30.3 Å². The van der Waals surface area contributed by atoms with E-state index in [2.05, 4.69) is 17.5 Å². The molecule has 2 aromatic carbocycles. The number of nitrogens with one attached hydrogen (secondary N) is 1. The van der Waals surface area contributed by atoms with E-state index >= 15 is 0 Å². The third-order valence-electron chi connectivity index (χ3n) is 3.61. The minimum atomic E-state index is -0.513. The Bertz CT molecular complexity index is 767. The first-order chi connectivity index (χ1) is 10.8. The van der Waals surface area contributed by atoms with E-state index in [0.717, 1.165) is 21.9 Å². The van der Waals surface area contributed by atoms with Crippen LogP contribution in [-0.4, -0.2) is 18.2 Å². The predicted molar refractivity (Wildman–Crippen MR) is 91.3 cm³/mol. The molecule has 0 fully saturated rings. The second kappa shape index (κ2) is 6.70. The Labute approximate surface area is 137 Å². The van der Waals surface area contributed by atoms with Gasteiger partial charge in [0.2, 0.25) is 0 Å². The Morgan fingerprint density at radius 2 is 2.00 bits per heavy atom. The molecule has 0 unspecified atom stereocenters. The van der Waals surface area contributed by atoms with E-state index < -0.39 is 11.7 Å². The van der Waals surface area contributed by atoms with E-state index in [1.165, 1.54) is 0 Å². The van der Waals surface area contributed by atoms with Crippen molar-refractivity contribution in [2.45, 2.75) is 39.7 Å². The zero-order chi connectivity index (χ0) is 17.0. The predicted octanol–water partition coefficient (Wildman–Crippen LogP) is 4.09. The largest absolute Gasteiger partial charge is 0.444 e. The van der Waals surface area contributed by atoms with Crippen molar-refractivity contribution in [1.29, 1.82) is 5.26 Å². The molecule has 0 aliphatic heterocycles. The highest BCUT2D eigenvalue weighted by atomic mass is 16.6. The standard InChI is InChI=1S/C19H22N2O2/c1-13-16-8-6-5-7-14(16)11-15(12-20)17(13)9-10-21-18(22)23-19(2,3)4/h5-8,11H,9-10H2,1-4H3,(H,21,22). The maximum absolute atomic E-state index is 11.7. The van der Waals surface area contributed by atoms with E-state index in [9.17, 15) is 10.1 Å². The maximum atomic E-state index is 11.7. The van der Waals surface area contributed by atoms with Crippen molar-refractivity contribution in [2.75, 3.05) is 6.54 Å². The van der Waals surface area contributed by atoms with Gasteiger partial charge in [-0.15, -0.1) is 0 Å². The fraction of sp³-hybridized carbons (Fsp3) is 0.368. The molecule has 0 spiro atoms. The summed E-state index contributed by atoms with van der Waals surface area (Å²) in [5.41, 5.74) is 2.21.